The summed E-state index contributed by atoms with van der Waals surface area (Å²) in [6.07, 6.45) is 9.36. The van der Waals surface area contributed by atoms with Crippen LogP contribution in [0.15, 0.2) is 181 Å². The van der Waals surface area contributed by atoms with Crippen molar-refractivity contribution in [2.24, 2.45) is 0 Å². The van der Waals surface area contributed by atoms with Crippen LogP contribution in [-0.4, -0.2) is 15.0 Å². The Kier molecular flexibility index (Phi) is 7.10. The first kappa shape index (κ1) is 28.6. The van der Waals surface area contributed by atoms with Crippen molar-refractivity contribution in [1.82, 2.24) is 15.0 Å². The minimum atomic E-state index is 0.867. The molecule has 5 aromatic carbocycles. The van der Waals surface area contributed by atoms with E-state index in [-0.39, 0.29) is 0 Å². The fourth-order valence-electron chi connectivity index (χ4n) is 6.64. The van der Waals surface area contributed by atoms with E-state index in [1.807, 2.05) is 48.9 Å². The summed E-state index contributed by atoms with van der Waals surface area (Å²) in [4.78, 5) is 13.5. The molecule has 0 unspecified atom stereocenters. The maximum Gasteiger partial charge on any atom is 0.143 e. The van der Waals surface area contributed by atoms with Crippen molar-refractivity contribution in [3.05, 3.63) is 177 Å². The molecule has 0 radical (unpaired) electrons. The van der Waals surface area contributed by atoms with Gasteiger partial charge in [-0.15, -0.1) is 0 Å². The Bertz CT molecular complexity index is 2500. The molecule has 0 bridgehead atoms. The van der Waals surface area contributed by atoms with Gasteiger partial charge in [0.15, 0.2) is 0 Å². The van der Waals surface area contributed by atoms with Gasteiger partial charge in [-0.25, -0.2) is 0 Å². The average Bonchev–Trinajstić information content (AvgIpc) is 3.58. The Balaban J connectivity index is 1.12. The lowest BCUT2D eigenvalue weighted by Crippen LogP contribution is -1.87. The summed E-state index contributed by atoms with van der Waals surface area (Å²) < 4.78 is 6.85. The lowest BCUT2D eigenvalue weighted by molar-refractivity contribution is 0.671. The number of fused-ring (bicyclic) bond motifs is 3. The first-order chi connectivity index (χ1) is 24.3. The van der Waals surface area contributed by atoms with E-state index in [0.29, 0.717) is 0 Å². The zero-order valence-electron chi connectivity index (χ0n) is 26.5. The summed E-state index contributed by atoms with van der Waals surface area (Å²) in [5.74, 6) is 0. The number of furan rings is 1. The molecule has 0 atom stereocenters. The number of pyridine rings is 3. The van der Waals surface area contributed by atoms with Crippen molar-refractivity contribution in [2.75, 3.05) is 0 Å². The predicted molar refractivity (Wildman–Crippen MR) is 200 cm³/mol. The lowest BCUT2D eigenvalue weighted by atomic mass is 9.93. The Hall–Kier alpha value is -6.65. The van der Waals surface area contributed by atoms with Gasteiger partial charge in [-0.3, -0.25) is 15.0 Å². The van der Waals surface area contributed by atoms with Crippen LogP contribution in [0.25, 0.3) is 88.8 Å². The van der Waals surface area contributed by atoms with E-state index in [1.54, 1.807) is 12.4 Å². The molecule has 4 nitrogen and oxygen atoms in total. The highest BCUT2D eigenvalue weighted by Gasteiger charge is 2.17. The molecule has 0 fully saturated rings. The third-order valence-corrected chi connectivity index (χ3v) is 9.12. The largest absolute Gasteiger partial charge is 0.455 e. The Morgan fingerprint density at radius 2 is 0.878 bits per heavy atom. The van der Waals surface area contributed by atoms with E-state index in [4.69, 9.17) is 9.40 Å². The van der Waals surface area contributed by atoms with Gasteiger partial charge < -0.3 is 4.42 Å². The molecule has 4 heterocycles. The lowest BCUT2D eigenvalue weighted by Gasteiger charge is -2.11. The third-order valence-electron chi connectivity index (χ3n) is 9.12. The normalized spacial score (nSPS) is 11.3. The van der Waals surface area contributed by atoms with Crippen molar-refractivity contribution in [1.29, 1.82) is 0 Å². The highest BCUT2D eigenvalue weighted by molar-refractivity contribution is 6.13. The third kappa shape index (κ3) is 5.35. The minimum absolute atomic E-state index is 0.867. The van der Waals surface area contributed by atoms with Crippen LogP contribution in [0, 0.1) is 0 Å². The summed E-state index contributed by atoms with van der Waals surface area (Å²) >= 11 is 0. The van der Waals surface area contributed by atoms with Gasteiger partial charge in [-0.1, -0.05) is 109 Å². The average molecular weight is 628 g/mol. The van der Waals surface area contributed by atoms with Crippen molar-refractivity contribution in [2.45, 2.75) is 0 Å². The number of nitrogens with zero attached hydrogens (tertiary/aromatic N) is 3. The van der Waals surface area contributed by atoms with E-state index in [9.17, 15) is 0 Å². The van der Waals surface area contributed by atoms with Gasteiger partial charge in [0.2, 0.25) is 0 Å². The Morgan fingerprint density at radius 1 is 0.347 bits per heavy atom. The smallest absolute Gasteiger partial charge is 0.143 e. The first-order valence-electron chi connectivity index (χ1n) is 16.3. The van der Waals surface area contributed by atoms with E-state index >= 15 is 0 Å². The minimum Gasteiger partial charge on any atom is -0.455 e. The van der Waals surface area contributed by atoms with Gasteiger partial charge in [0, 0.05) is 75.1 Å². The fraction of sp³-hybridized carbons (Fsp3) is 0. The molecule has 49 heavy (non-hydrogen) atoms. The second-order valence-electron chi connectivity index (χ2n) is 12.1. The molecule has 0 amide bonds. The van der Waals surface area contributed by atoms with Crippen LogP contribution in [0.2, 0.25) is 0 Å². The topological polar surface area (TPSA) is 51.8 Å². The maximum atomic E-state index is 6.85. The molecule has 4 aromatic heterocycles. The van der Waals surface area contributed by atoms with E-state index in [1.165, 1.54) is 0 Å². The van der Waals surface area contributed by atoms with Crippen molar-refractivity contribution >= 4 is 21.9 Å². The zero-order valence-corrected chi connectivity index (χ0v) is 26.5. The van der Waals surface area contributed by atoms with Gasteiger partial charge in [-0.05, 0) is 64.2 Å². The molecular formula is C45H29N3O. The zero-order chi connectivity index (χ0) is 32.6. The van der Waals surface area contributed by atoms with E-state index in [2.05, 4.69) is 125 Å². The van der Waals surface area contributed by atoms with Crippen LogP contribution in [0.3, 0.4) is 0 Å². The monoisotopic (exact) mass is 627 g/mol. The molecule has 4 heteroatoms. The molecule has 0 spiro atoms. The number of aromatic nitrogens is 3. The van der Waals surface area contributed by atoms with Gasteiger partial charge in [0.05, 0.1) is 5.69 Å². The van der Waals surface area contributed by atoms with Crippen LogP contribution in [0.4, 0.5) is 0 Å². The van der Waals surface area contributed by atoms with E-state index < -0.39 is 0 Å². The molecule has 9 aromatic rings. The second kappa shape index (κ2) is 12.2. The molecule has 0 aliphatic carbocycles. The predicted octanol–water partition coefficient (Wildman–Crippen LogP) is 11.8. The number of benzene rings is 5. The van der Waals surface area contributed by atoms with Crippen molar-refractivity contribution < 1.29 is 4.42 Å². The van der Waals surface area contributed by atoms with Gasteiger partial charge in [0.1, 0.15) is 11.2 Å². The Morgan fingerprint density at radius 3 is 1.45 bits per heavy atom. The molecule has 0 saturated carbocycles. The van der Waals surface area contributed by atoms with Crippen LogP contribution in [-0.2, 0) is 0 Å². The van der Waals surface area contributed by atoms with Crippen LogP contribution < -0.4 is 0 Å². The summed E-state index contributed by atoms with van der Waals surface area (Å²) in [6.45, 7) is 0. The first-order valence-corrected chi connectivity index (χ1v) is 16.3. The van der Waals surface area contributed by atoms with Crippen LogP contribution in [0.1, 0.15) is 0 Å². The molecule has 0 aliphatic heterocycles. The molecule has 0 saturated heterocycles. The highest BCUT2D eigenvalue weighted by Crippen LogP contribution is 2.42. The number of rotatable bonds is 6. The Labute approximate surface area is 284 Å². The molecular weight excluding hydrogens is 599 g/mol. The second-order valence-corrected chi connectivity index (χ2v) is 12.1. The standard InChI is InChI=1S/C45H29N3O/c1-2-8-32(9-3-1)43-21-20-35(29-48-43)30-16-18-31(19-17-30)39-12-4-14-41-42-15-5-13-40(45(42)49-44(39)41)38-25-36(33-10-6-22-46-27-33)24-37(26-38)34-11-7-23-47-28-34/h1-29H. The van der Waals surface area contributed by atoms with Gasteiger partial charge in [0.25, 0.3) is 0 Å². The number of para-hydroxylation sites is 2. The van der Waals surface area contributed by atoms with Crippen LogP contribution in [0.5, 0.6) is 0 Å². The van der Waals surface area contributed by atoms with Crippen LogP contribution >= 0.6 is 0 Å². The van der Waals surface area contributed by atoms with Crippen molar-refractivity contribution in [3.8, 4) is 66.9 Å². The fourth-order valence-corrected chi connectivity index (χ4v) is 6.64. The van der Waals surface area contributed by atoms with E-state index in [0.717, 1.165) is 88.8 Å². The van der Waals surface area contributed by atoms with Gasteiger partial charge >= 0.3 is 0 Å². The quantitative estimate of drug-likeness (QED) is 0.184. The summed E-state index contributed by atoms with van der Waals surface area (Å²) in [5, 5.41) is 2.18. The molecule has 230 valence electrons. The number of hydrogen-bond donors (Lipinski definition) is 0. The molecule has 0 aliphatic rings. The number of hydrogen-bond acceptors (Lipinski definition) is 4. The highest BCUT2D eigenvalue weighted by atomic mass is 16.3. The molecule has 0 N–H and O–H groups in total. The summed E-state index contributed by atoms with van der Waals surface area (Å²) in [7, 11) is 0. The van der Waals surface area contributed by atoms with Crippen molar-refractivity contribution in [3.63, 3.8) is 0 Å². The SMILES string of the molecule is c1ccc(-c2ccc(-c3ccc(-c4cccc5c4oc4c(-c6cc(-c7cccnc7)cc(-c7cccnc7)c6)cccc45)cc3)cn2)cc1. The molecule has 9 rings (SSSR count). The summed E-state index contributed by atoms with van der Waals surface area (Å²) in [5.41, 5.74) is 14.6. The maximum absolute atomic E-state index is 6.85. The summed E-state index contributed by atoms with van der Waals surface area (Å²) in [6, 6.07) is 50.7. The van der Waals surface area contributed by atoms with Gasteiger partial charge in [-0.2, -0.15) is 0 Å².